The lowest BCUT2D eigenvalue weighted by Gasteiger charge is -2.18. The summed E-state index contributed by atoms with van der Waals surface area (Å²) in [6.07, 6.45) is 1.88. The van der Waals surface area contributed by atoms with Crippen molar-refractivity contribution in [3.8, 4) is 28.3 Å². The second kappa shape index (κ2) is 10.5. The molecule has 1 atom stereocenters. The molecule has 37 heavy (non-hydrogen) atoms. The van der Waals surface area contributed by atoms with Gasteiger partial charge in [-0.25, -0.2) is 13.8 Å². The first kappa shape index (κ1) is 24.5. The molecule has 5 rings (SSSR count). The van der Waals surface area contributed by atoms with Gasteiger partial charge in [-0.05, 0) is 60.5 Å². The largest absolute Gasteiger partial charge is 0.449 e. The van der Waals surface area contributed by atoms with Crippen molar-refractivity contribution in [3.63, 3.8) is 0 Å². The quantitative estimate of drug-likeness (QED) is 0.342. The number of halogens is 3. The fourth-order valence-electron chi connectivity index (χ4n) is 3.87. The molecular weight excluding hydrogens is 504 g/mol. The van der Waals surface area contributed by atoms with E-state index in [4.69, 9.17) is 16.3 Å². The summed E-state index contributed by atoms with van der Waals surface area (Å²) in [5.41, 5.74) is 0.977. The molecule has 0 saturated heterocycles. The van der Waals surface area contributed by atoms with Gasteiger partial charge in [0.2, 0.25) is 5.75 Å². The minimum Gasteiger partial charge on any atom is -0.449 e. The summed E-state index contributed by atoms with van der Waals surface area (Å²) in [7, 11) is 0. The van der Waals surface area contributed by atoms with Crippen LogP contribution < -0.4 is 15.3 Å². The molecule has 1 aromatic heterocycles. The van der Waals surface area contributed by atoms with Crippen LogP contribution in [0, 0.1) is 11.6 Å². The highest BCUT2D eigenvalue weighted by atomic mass is 35.5. The molecule has 1 aliphatic heterocycles. The van der Waals surface area contributed by atoms with E-state index in [1.165, 1.54) is 28.0 Å². The molecule has 11 heteroatoms. The minimum absolute atomic E-state index is 0.0434. The Morgan fingerprint density at radius 3 is 2.51 bits per heavy atom. The Morgan fingerprint density at radius 1 is 1.05 bits per heavy atom. The van der Waals surface area contributed by atoms with E-state index < -0.39 is 17.2 Å². The van der Waals surface area contributed by atoms with E-state index in [1.807, 2.05) is 0 Å². The highest BCUT2D eigenvalue weighted by molar-refractivity contribution is 6.30. The zero-order chi connectivity index (χ0) is 25.9. The van der Waals surface area contributed by atoms with Crippen LogP contribution in [0.5, 0.6) is 11.5 Å². The van der Waals surface area contributed by atoms with Crippen molar-refractivity contribution in [1.82, 2.24) is 9.78 Å². The van der Waals surface area contributed by atoms with Crippen LogP contribution in [0.1, 0.15) is 6.42 Å². The van der Waals surface area contributed by atoms with Gasteiger partial charge in [0.1, 0.15) is 23.1 Å². The number of hydrogen-bond acceptors (Lipinski definition) is 7. The van der Waals surface area contributed by atoms with Crippen molar-refractivity contribution in [2.45, 2.75) is 12.5 Å². The number of aliphatic hydroxyl groups is 1. The van der Waals surface area contributed by atoms with Gasteiger partial charge in [0, 0.05) is 23.3 Å². The highest BCUT2D eigenvalue weighted by Gasteiger charge is 2.26. The van der Waals surface area contributed by atoms with E-state index in [0.717, 1.165) is 6.07 Å². The van der Waals surface area contributed by atoms with Crippen LogP contribution in [-0.4, -0.2) is 34.1 Å². The number of nitrogens with zero attached hydrogens (tertiary/aromatic N) is 5. The SMILES string of the molecule is O=c1c(Oc2ccc(-c3ccc(F)cc3F)cc2)c(N2CC(CCO)N=N2)cnn1-c1ccc(Cl)cc1. The van der Waals surface area contributed by atoms with Crippen molar-refractivity contribution in [2.75, 3.05) is 18.2 Å². The van der Waals surface area contributed by atoms with E-state index >= 15 is 0 Å². The average molecular weight is 524 g/mol. The van der Waals surface area contributed by atoms with E-state index in [2.05, 4.69) is 15.4 Å². The average Bonchev–Trinajstić information content (AvgIpc) is 3.35. The molecule has 4 aromatic rings. The van der Waals surface area contributed by atoms with Gasteiger partial charge < -0.3 is 9.84 Å². The molecule has 2 heterocycles. The number of rotatable bonds is 7. The van der Waals surface area contributed by atoms with Crippen molar-refractivity contribution in [1.29, 1.82) is 0 Å². The molecule has 0 aliphatic carbocycles. The molecular formula is C26H20ClF2N5O3. The fourth-order valence-corrected chi connectivity index (χ4v) is 4.00. The fraction of sp³-hybridized carbons (Fsp3) is 0.154. The van der Waals surface area contributed by atoms with Gasteiger partial charge in [-0.1, -0.05) is 29.0 Å². The summed E-state index contributed by atoms with van der Waals surface area (Å²) in [4.78, 5) is 13.5. The zero-order valence-electron chi connectivity index (χ0n) is 19.3. The molecule has 188 valence electrons. The third-order valence-corrected chi connectivity index (χ3v) is 6.00. The van der Waals surface area contributed by atoms with Crippen LogP contribution in [0.3, 0.4) is 0 Å². The van der Waals surface area contributed by atoms with Gasteiger partial charge in [-0.2, -0.15) is 14.9 Å². The van der Waals surface area contributed by atoms with E-state index in [9.17, 15) is 18.7 Å². The molecule has 0 amide bonds. The van der Waals surface area contributed by atoms with Gasteiger partial charge in [-0.3, -0.25) is 4.79 Å². The summed E-state index contributed by atoms with van der Waals surface area (Å²) in [6, 6.07) is 16.1. The van der Waals surface area contributed by atoms with Gasteiger partial charge >= 0.3 is 5.56 Å². The normalized spacial score (nSPS) is 14.8. The monoisotopic (exact) mass is 523 g/mol. The summed E-state index contributed by atoms with van der Waals surface area (Å²) in [5, 5.41) is 23.8. The molecule has 1 N–H and O–H groups in total. The number of benzene rings is 3. The van der Waals surface area contributed by atoms with Crippen LogP contribution in [0.25, 0.3) is 16.8 Å². The van der Waals surface area contributed by atoms with Crippen LogP contribution in [0.15, 0.2) is 88.1 Å². The Balaban J connectivity index is 1.51. The lowest BCUT2D eigenvalue weighted by molar-refractivity contribution is 0.278. The standard InChI is InChI=1S/C26H20ClF2N5O3/c27-17-3-6-20(7-4-17)34-26(36)25(24(14-30-34)33-15-19(11-12-35)31-32-33)37-21-8-1-16(2-9-21)22-10-5-18(28)13-23(22)29/h1-10,13-14,19,35H,11-12,15H2. The lowest BCUT2D eigenvalue weighted by atomic mass is 10.1. The molecule has 0 saturated carbocycles. The Bertz CT molecular complexity index is 1510. The molecule has 0 radical (unpaired) electrons. The summed E-state index contributed by atoms with van der Waals surface area (Å²) >= 11 is 5.98. The smallest absolute Gasteiger partial charge is 0.316 e. The predicted molar refractivity (Wildman–Crippen MR) is 134 cm³/mol. The predicted octanol–water partition coefficient (Wildman–Crippen LogP) is 5.56. The maximum Gasteiger partial charge on any atom is 0.316 e. The van der Waals surface area contributed by atoms with E-state index in [-0.39, 0.29) is 24.0 Å². The first-order chi connectivity index (χ1) is 17.9. The molecule has 8 nitrogen and oxygen atoms in total. The maximum atomic E-state index is 14.2. The first-order valence-corrected chi connectivity index (χ1v) is 11.7. The van der Waals surface area contributed by atoms with Crippen molar-refractivity contribution in [3.05, 3.63) is 99.9 Å². The van der Waals surface area contributed by atoms with Crippen LogP contribution in [0.4, 0.5) is 14.5 Å². The third kappa shape index (κ3) is 5.20. The number of aliphatic hydroxyl groups excluding tert-OH is 1. The van der Waals surface area contributed by atoms with Crippen LogP contribution in [-0.2, 0) is 0 Å². The molecule has 1 unspecified atom stereocenters. The highest BCUT2D eigenvalue weighted by Crippen LogP contribution is 2.33. The van der Waals surface area contributed by atoms with Gasteiger partial charge in [0.15, 0.2) is 0 Å². The Hall–Kier alpha value is -4.15. The maximum absolute atomic E-state index is 14.2. The Morgan fingerprint density at radius 2 is 1.81 bits per heavy atom. The van der Waals surface area contributed by atoms with Gasteiger partial charge in [0.25, 0.3) is 0 Å². The van der Waals surface area contributed by atoms with Crippen molar-refractivity contribution in [2.24, 2.45) is 10.3 Å². The van der Waals surface area contributed by atoms with Crippen LogP contribution >= 0.6 is 11.6 Å². The molecule has 0 fully saturated rings. The molecule has 1 aliphatic rings. The number of hydrogen-bond donors (Lipinski definition) is 1. The molecule has 0 bridgehead atoms. The minimum atomic E-state index is -0.687. The second-order valence-electron chi connectivity index (χ2n) is 8.26. The van der Waals surface area contributed by atoms with Gasteiger partial charge in [0.05, 0.1) is 24.5 Å². The Kier molecular flexibility index (Phi) is 6.93. The van der Waals surface area contributed by atoms with E-state index in [0.29, 0.717) is 40.7 Å². The Labute approximate surface area is 215 Å². The van der Waals surface area contributed by atoms with Gasteiger partial charge in [-0.15, -0.1) is 0 Å². The zero-order valence-corrected chi connectivity index (χ0v) is 20.0. The first-order valence-electron chi connectivity index (χ1n) is 11.3. The lowest BCUT2D eigenvalue weighted by Crippen LogP contribution is -2.27. The number of ether oxygens (including phenoxy) is 1. The summed E-state index contributed by atoms with van der Waals surface area (Å²) in [6.45, 7) is 0.296. The topological polar surface area (TPSA) is 92.3 Å². The summed E-state index contributed by atoms with van der Waals surface area (Å²) in [5.74, 6) is -1.09. The second-order valence-corrected chi connectivity index (χ2v) is 8.69. The van der Waals surface area contributed by atoms with Crippen LogP contribution in [0.2, 0.25) is 5.02 Å². The molecule has 3 aromatic carbocycles. The van der Waals surface area contributed by atoms with Crippen molar-refractivity contribution >= 4 is 17.3 Å². The third-order valence-electron chi connectivity index (χ3n) is 5.75. The van der Waals surface area contributed by atoms with E-state index in [1.54, 1.807) is 48.5 Å². The van der Waals surface area contributed by atoms with Crippen molar-refractivity contribution < 1.29 is 18.6 Å². The summed E-state index contributed by atoms with van der Waals surface area (Å²) < 4.78 is 34.7. The number of anilines is 1. The number of aromatic nitrogens is 2. The molecule has 0 spiro atoms.